The van der Waals surface area contributed by atoms with Crippen molar-refractivity contribution in [3.05, 3.63) is 83.1 Å². The van der Waals surface area contributed by atoms with Gasteiger partial charge in [0.2, 0.25) is 5.91 Å². The van der Waals surface area contributed by atoms with E-state index in [1.165, 1.54) is 23.6 Å². The molecule has 0 radical (unpaired) electrons. The number of carbonyl (C=O) groups excluding carboxylic acids is 3. The molecule has 4 rings (SSSR count). The first kappa shape index (κ1) is 24.4. The van der Waals surface area contributed by atoms with Crippen LogP contribution in [0.2, 0.25) is 0 Å². The normalized spacial score (nSPS) is 19.7. The van der Waals surface area contributed by atoms with Crippen LogP contribution in [0.25, 0.3) is 0 Å². The molecule has 2 aromatic rings. The number of fused-ring (bicyclic) bond motifs is 1. The van der Waals surface area contributed by atoms with Crippen molar-refractivity contribution in [2.75, 3.05) is 11.5 Å². The van der Waals surface area contributed by atoms with Crippen LogP contribution in [0.3, 0.4) is 0 Å². The SMILES string of the molecule is CC(=O)SCC1=C(C(=O)OC(c2ccccc2)c2ccccc2)N2C(=O)[C@@H](N)[C@H]2SC1.Cl. The van der Waals surface area contributed by atoms with Crippen molar-refractivity contribution >= 4 is 52.9 Å². The number of thioether (sulfide) groups is 2. The summed E-state index contributed by atoms with van der Waals surface area (Å²) in [6.07, 6.45) is -0.623. The van der Waals surface area contributed by atoms with Gasteiger partial charge in [0.25, 0.3) is 0 Å². The van der Waals surface area contributed by atoms with Gasteiger partial charge in [0.05, 0.1) is 0 Å². The molecule has 0 saturated carbocycles. The molecule has 9 heteroatoms. The van der Waals surface area contributed by atoms with Gasteiger partial charge in [-0.25, -0.2) is 4.79 Å². The molecule has 0 spiro atoms. The lowest BCUT2D eigenvalue weighted by atomic mass is 10.0. The number of benzene rings is 2. The highest BCUT2D eigenvalue weighted by Crippen LogP contribution is 2.41. The molecule has 0 aliphatic carbocycles. The molecule has 0 aromatic heterocycles. The molecule has 2 heterocycles. The van der Waals surface area contributed by atoms with Gasteiger partial charge < -0.3 is 10.5 Å². The summed E-state index contributed by atoms with van der Waals surface area (Å²) in [4.78, 5) is 38.9. The maximum absolute atomic E-state index is 13.4. The summed E-state index contributed by atoms with van der Waals surface area (Å²) in [6, 6.07) is 18.3. The Morgan fingerprint density at radius 1 is 1.12 bits per heavy atom. The lowest BCUT2D eigenvalue weighted by Gasteiger charge is -2.48. The molecule has 168 valence electrons. The number of amides is 1. The van der Waals surface area contributed by atoms with Crippen LogP contribution in [0.5, 0.6) is 0 Å². The molecule has 1 fully saturated rings. The number of ether oxygens (including phenoxy) is 1. The van der Waals surface area contributed by atoms with Gasteiger partial charge in [-0.2, -0.15) is 0 Å². The van der Waals surface area contributed by atoms with Crippen LogP contribution in [-0.2, 0) is 19.1 Å². The summed E-state index contributed by atoms with van der Waals surface area (Å²) in [7, 11) is 0. The van der Waals surface area contributed by atoms with Gasteiger partial charge in [0, 0.05) is 18.4 Å². The largest absolute Gasteiger partial charge is 0.448 e. The van der Waals surface area contributed by atoms with Crippen LogP contribution in [0.15, 0.2) is 71.9 Å². The maximum atomic E-state index is 13.4. The number of halogens is 1. The second-order valence-corrected chi connectivity index (χ2v) is 9.53. The van der Waals surface area contributed by atoms with E-state index in [0.29, 0.717) is 17.1 Å². The van der Waals surface area contributed by atoms with E-state index in [9.17, 15) is 14.4 Å². The summed E-state index contributed by atoms with van der Waals surface area (Å²) in [5.41, 5.74) is 8.54. The first-order valence-corrected chi connectivity index (χ1v) is 11.9. The van der Waals surface area contributed by atoms with Crippen LogP contribution in [0.4, 0.5) is 0 Å². The maximum Gasteiger partial charge on any atom is 0.356 e. The van der Waals surface area contributed by atoms with E-state index in [-0.39, 0.29) is 34.5 Å². The van der Waals surface area contributed by atoms with Gasteiger partial charge in [0.1, 0.15) is 17.1 Å². The zero-order chi connectivity index (χ0) is 22.0. The van der Waals surface area contributed by atoms with Crippen molar-refractivity contribution in [1.29, 1.82) is 0 Å². The highest BCUT2D eigenvalue weighted by Gasteiger charge is 2.52. The van der Waals surface area contributed by atoms with Crippen molar-refractivity contribution in [1.82, 2.24) is 4.90 Å². The van der Waals surface area contributed by atoms with Crippen molar-refractivity contribution in [3.63, 3.8) is 0 Å². The second kappa shape index (κ2) is 10.6. The number of rotatable bonds is 6. The van der Waals surface area contributed by atoms with Gasteiger partial charge in [0.15, 0.2) is 11.2 Å². The van der Waals surface area contributed by atoms with Crippen molar-refractivity contribution in [3.8, 4) is 0 Å². The predicted octanol–water partition coefficient (Wildman–Crippen LogP) is 3.52. The Morgan fingerprint density at radius 3 is 2.22 bits per heavy atom. The Morgan fingerprint density at radius 2 is 1.69 bits per heavy atom. The molecule has 0 bridgehead atoms. The topological polar surface area (TPSA) is 89.7 Å². The van der Waals surface area contributed by atoms with Crippen LogP contribution in [-0.4, -0.2) is 44.8 Å². The summed E-state index contributed by atoms with van der Waals surface area (Å²) < 4.78 is 6.00. The highest BCUT2D eigenvalue weighted by atomic mass is 35.5. The first-order chi connectivity index (χ1) is 15.0. The minimum Gasteiger partial charge on any atom is -0.448 e. The molecular formula is C23H23ClN2O4S2. The minimum absolute atomic E-state index is 0. The summed E-state index contributed by atoms with van der Waals surface area (Å²) >= 11 is 2.62. The summed E-state index contributed by atoms with van der Waals surface area (Å²) in [6.45, 7) is 1.48. The summed E-state index contributed by atoms with van der Waals surface area (Å²) in [5, 5.41) is -0.335. The van der Waals surface area contributed by atoms with E-state index in [1.807, 2.05) is 60.7 Å². The Kier molecular flexibility index (Phi) is 8.05. The quantitative estimate of drug-likeness (QED) is 0.489. The van der Waals surface area contributed by atoms with Crippen molar-refractivity contribution in [2.24, 2.45) is 5.73 Å². The number of hydrogen-bond acceptors (Lipinski definition) is 7. The molecular weight excluding hydrogens is 468 g/mol. The van der Waals surface area contributed by atoms with Crippen molar-refractivity contribution < 1.29 is 19.1 Å². The van der Waals surface area contributed by atoms with E-state index in [0.717, 1.165) is 22.9 Å². The molecule has 2 N–H and O–H groups in total. The third kappa shape index (κ3) is 4.88. The lowest BCUT2D eigenvalue weighted by molar-refractivity contribution is -0.153. The number of carbonyl (C=O) groups is 3. The Labute approximate surface area is 201 Å². The van der Waals surface area contributed by atoms with E-state index < -0.39 is 18.1 Å². The molecule has 2 aliphatic heterocycles. The van der Waals surface area contributed by atoms with E-state index >= 15 is 0 Å². The van der Waals surface area contributed by atoms with Gasteiger partial charge in [-0.15, -0.1) is 24.2 Å². The Bertz CT molecular complexity index is 993. The van der Waals surface area contributed by atoms with Gasteiger partial charge in [-0.05, 0) is 16.7 Å². The molecule has 2 aliphatic rings. The average Bonchev–Trinajstić information content (AvgIpc) is 2.80. The third-order valence-electron chi connectivity index (χ3n) is 5.16. The number of nitrogens with zero attached hydrogens (tertiary/aromatic N) is 1. The molecule has 6 nitrogen and oxygen atoms in total. The second-order valence-electron chi connectivity index (χ2n) is 7.27. The fourth-order valence-electron chi connectivity index (χ4n) is 3.62. The van der Waals surface area contributed by atoms with E-state index in [4.69, 9.17) is 10.5 Å². The first-order valence-electron chi connectivity index (χ1n) is 9.84. The predicted molar refractivity (Wildman–Crippen MR) is 129 cm³/mol. The molecule has 2 atom stereocenters. The molecule has 1 amide bonds. The van der Waals surface area contributed by atoms with Crippen LogP contribution >= 0.6 is 35.9 Å². The molecule has 32 heavy (non-hydrogen) atoms. The Balaban J connectivity index is 0.00000289. The fraction of sp³-hybridized carbons (Fsp3) is 0.261. The number of β-lactam (4-membered cyclic amide) rings is 1. The van der Waals surface area contributed by atoms with Gasteiger partial charge in [-0.1, -0.05) is 72.4 Å². The number of esters is 1. The zero-order valence-corrected chi connectivity index (χ0v) is 19.8. The molecule has 1 saturated heterocycles. The van der Waals surface area contributed by atoms with E-state index in [1.54, 1.807) is 0 Å². The monoisotopic (exact) mass is 490 g/mol. The molecule has 2 aromatic carbocycles. The fourth-order valence-corrected chi connectivity index (χ4v) is 5.65. The number of nitrogens with two attached hydrogens (primary N) is 1. The van der Waals surface area contributed by atoms with Crippen molar-refractivity contribution in [2.45, 2.75) is 24.4 Å². The standard InChI is InChI=1S/C23H22N2O4S2.ClH/c1-14(26)30-12-17-13-31-22-18(24)21(27)25(22)19(17)23(28)29-20(15-8-4-2-5-9-15)16-10-6-3-7-11-16;/h2-11,18,20,22H,12-13,24H2,1H3;1H/t18-,22-;/m1./s1. The average molecular weight is 491 g/mol. The van der Waals surface area contributed by atoms with Gasteiger partial charge >= 0.3 is 5.97 Å². The van der Waals surface area contributed by atoms with Crippen LogP contribution < -0.4 is 5.73 Å². The zero-order valence-electron chi connectivity index (χ0n) is 17.3. The highest BCUT2D eigenvalue weighted by molar-refractivity contribution is 8.13. The lowest BCUT2D eigenvalue weighted by Crippen LogP contribution is -2.68. The Hall–Kier alpha value is -2.26. The van der Waals surface area contributed by atoms with Crippen LogP contribution in [0.1, 0.15) is 24.2 Å². The number of hydrogen-bond donors (Lipinski definition) is 1. The summed E-state index contributed by atoms with van der Waals surface area (Å²) in [5.74, 6) is -0.0264. The smallest absolute Gasteiger partial charge is 0.356 e. The van der Waals surface area contributed by atoms with Crippen LogP contribution in [0, 0.1) is 0 Å². The third-order valence-corrected chi connectivity index (χ3v) is 7.42. The van der Waals surface area contributed by atoms with E-state index in [2.05, 4.69) is 0 Å². The molecule has 0 unspecified atom stereocenters. The van der Waals surface area contributed by atoms with Gasteiger partial charge in [-0.3, -0.25) is 14.5 Å². The minimum atomic E-state index is -0.631.